The maximum Gasteiger partial charge on any atom is 0.207 e. The number of anilines is 1. The predicted octanol–water partition coefficient (Wildman–Crippen LogP) is 4.50. The molecule has 1 aromatic carbocycles. The monoisotopic (exact) mass is 283 g/mol. The van der Waals surface area contributed by atoms with Gasteiger partial charge in [-0.15, -0.1) is 0 Å². The van der Waals surface area contributed by atoms with Crippen LogP contribution in [0, 0.1) is 11.8 Å². The number of aromatic nitrogens is 2. The molecule has 1 saturated carbocycles. The van der Waals surface area contributed by atoms with E-state index < -0.39 is 0 Å². The van der Waals surface area contributed by atoms with Gasteiger partial charge in [0.1, 0.15) is 0 Å². The van der Waals surface area contributed by atoms with E-state index in [0.29, 0.717) is 0 Å². The van der Waals surface area contributed by atoms with E-state index in [1.807, 2.05) is 18.5 Å². The maximum absolute atomic E-state index is 4.44. The van der Waals surface area contributed by atoms with E-state index in [2.05, 4.69) is 46.1 Å². The summed E-state index contributed by atoms with van der Waals surface area (Å²) < 4.78 is 2.11. The Bertz CT molecular complexity index is 539. The lowest BCUT2D eigenvalue weighted by atomic mass is 9.81. The van der Waals surface area contributed by atoms with E-state index in [1.165, 1.54) is 32.1 Å². The van der Waals surface area contributed by atoms with Gasteiger partial charge < -0.3 is 5.32 Å². The molecule has 0 amide bonds. The van der Waals surface area contributed by atoms with Crippen molar-refractivity contribution in [1.29, 1.82) is 0 Å². The highest BCUT2D eigenvalue weighted by atomic mass is 15.2. The fraction of sp³-hybridized carbons (Fsp3) is 0.500. The van der Waals surface area contributed by atoms with Crippen molar-refractivity contribution in [3.05, 3.63) is 42.7 Å². The van der Waals surface area contributed by atoms with Crippen LogP contribution in [0.4, 0.5) is 5.95 Å². The minimum atomic E-state index is 0.897. The summed E-state index contributed by atoms with van der Waals surface area (Å²) in [5, 5.41) is 3.50. The molecule has 3 rings (SSSR count). The number of hydrogen-bond acceptors (Lipinski definition) is 2. The molecule has 1 heterocycles. The van der Waals surface area contributed by atoms with Crippen molar-refractivity contribution in [3.63, 3.8) is 0 Å². The van der Waals surface area contributed by atoms with Crippen LogP contribution in [0.15, 0.2) is 42.7 Å². The summed E-state index contributed by atoms with van der Waals surface area (Å²) in [5.74, 6) is 2.78. The van der Waals surface area contributed by atoms with Crippen LogP contribution in [0.25, 0.3) is 5.69 Å². The minimum absolute atomic E-state index is 0.897. The Balaban J connectivity index is 1.53. The largest absolute Gasteiger partial charge is 0.355 e. The highest BCUT2D eigenvalue weighted by Crippen LogP contribution is 2.30. The van der Waals surface area contributed by atoms with Crippen LogP contribution in [0.5, 0.6) is 0 Å². The number of para-hydroxylation sites is 1. The third kappa shape index (κ3) is 3.66. The minimum Gasteiger partial charge on any atom is -0.355 e. The van der Waals surface area contributed by atoms with Gasteiger partial charge in [0, 0.05) is 24.6 Å². The standard InChI is InChI=1S/C18H25N3/c1-15-7-9-16(10-8-15)11-12-19-18-20-13-14-21(18)17-5-3-2-4-6-17/h2-6,13-16H,7-12H2,1H3,(H,19,20). The van der Waals surface area contributed by atoms with Crippen molar-refractivity contribution in [1.82, 2.24) is 9.55 Å². The second kappa shape index (κ2) is 6.79. The van der Waals surface area contributed by atoms with Crippen molar-refractivity contribution in [3.8, 4) is 5.69 Å². The van der Waals surface area contributed by atoms with Crippen LogP contribution in [0.3, 0.4) is 0 Å². The average Bonchev–Trinajstić information content (AvgIpc) is 2.99. The molecule has 0 atom stereocenters. The van der Waals surface area contributed by atoms with Gasteiger partial charge in [0.25, 0.3) is 0 Å². The predicted molar refractivity (Wildman–Crippen MR) is 87.8 cm³/mol. The third-order valence-corrected chi connectivity index (χ3v) is 4.65. The van der Waals surface area contributed by atoms with Crippen molar-refractivity contribution >= 4 is 5.95 Å². The summed E-state index contributed by atoms with van der Waals surface area (Å²) in [5.41, 5.74) is 1.16. The summed E-state index contributed by atoms with van der Waals surface area (Å²) in [6.07, 6.45) is 10.7. The topological polar surface area (TPSA) is 29.9 Å². The van der Waals surface area contributed by atoms with Gasteiger partial charge in [-0.2, -0.15) is 0 Å². The molecule has 0 spiro atoms. The smallest absolute Gasteiger partial charge is 0.207 e. The lowest BCUT2D eigenvalue weighted by molar-refractivity contribution is 0.282. The number of imidazole rings is 1. The fourth-order valence-corrected chi connectivity index (χ4v) is 3.24. The summed E-state index contributed by atoms with van der Waals surface area (Å²) in [4.78, 5) is 4.44. The Kier molecular flexibility index (Phi) is 4.59. The first-order chi connectivity index (χ1) is 10.3. The number of hydrogen-bond donors (Lipinski definition) is 1. The number of nitrogens with one attached hydrogen (secondary N) is 1. The molecule has 2 aromatic rings. The maximum atomic E-state index is 4.44. The van der Waals surface area contributed by atoms with Crippen LogP contribution in [0.2, 0.25) is 0 Å². The molecule has 0 bridgehead atoms. The lowest BCUT2D eigenvalue weighted by Crippen LogP contribution is -2.16. The Morgan fingerprint density at radius 2 is 1.90 bits per heavy atom. The number of rotatable bonds is 5. The Labute approximate surface area is 127 Å². The van der Waals surface area contributed by atoms with E-state index in [-0.39, 0.29) is 0 Å². The van der Waals surface area contributed by atoms with Crippen molar-refractivity contribution < 1.29 is 0 Å². The summed E-state index contributed by atoms with van der Waals surface area (Å²) in [7, 11) is 0. The van der Waals surface area contributed by atoms with Gasteiger partial charge in [-0.25, -0.2) is 4.98 Å². The molecule has 1 aliphatic rings. The van der Waals surface area contributed by atoms with Crippen molar-refractivity contribution in [2.45, 2.75) is 39.0 Å². The zero-order chi connectivity index (χ0) is 14.5. The summed E-state index contributed by atoms with van der Waals surface area (Å²) >= 11 is 0. The van der Waals surface area contributed by atoms with Gasteiger partial charge in [0.2, 0.25) is 5.95 Å². The lowest BCUT2D eigenvalue weighted by Gasteiger charge is -2.26. The molecule has 1 aliphatic carbocycles. The van der Waals surface area contributed by atoms with E-state index in [0.717, 1.165) is 30.0 Å². The summed E-state index contributed by atoms with van der Waals surface area (Å²) in [6.45, 7) is 3.40. The number of nitrogens with zero attached hydrogens (tertiary/aromatic N) is 2. The molecule has 0 aliphatic heterocycles. The zero-order valence-corrected chi connectivity index (χ0v) is 12.8. The molecule has 0 radical (unpaired) electrons. The van der Waals surface area contributed by atoms with Gasteiger partial charge in [-0.05, 0) is 30.4 Å². The highest BCUT2D eigenvalue weighted by Gasteiger charge is 2.17. The molecule has 0 unspecified atom stereocenters. The van der Waals surface area contributed by atoms with E-state index in [9.17, 15) is 0 Å². The first-order valence-corrected chi connectivity index (χ1v) is 8.15. The van der Waals surface area contributed by atoms with Crippen molar-refractivity contribution in [2.24, 2.45) is 11.8 Å². The Hall–Kier alpha value is -1.77. The quantitative estimate of drug-likeness (QED) is 0.875. The second-order valence-electron chi connectivity index (χ2n) is 6.30. The third-order valence-electron chi connectivity index (χ3n) is 4.65. The van der Waals surface area contributed by atoms with Crippen LogP contribution in [-0.4, -0.2) is 16.1 Å². The highest BCUT2D eigenvalue weighted by molar-refractivity contribution is 5.41. The van der Waals surface area contributed by atoms with Crippen LogP contribution in [0.1, 0.15) is 39.0 Å². The van der Waals surface area contributed by atoms with Gasteiger partial charge in [0.15, 0.2) is 0 Å². The van der Waals surface area contributed by atoms with Gasteiger partial charge in [0.05, 0.1) is 0 Å². The summed E-state index contributed by atoms with van der Waals surface area (Å²) in [6, 6.07) is 10.4. The molecule has 1 aromatic heterocycles. The SMILES string of the molecule is CC1CCC(CCNc2nccn2-c2ccccc2)CC1. The van der Waals surface area contributed by atoms with Gasteiger partial charge in [-0.1, -0.05) is 50.8 Å². The molecule has 1 fully saturated rings. The van der Waals surface area contributed by atoms with Crippen LogP contribution < -0.4 is 5.32 Å². The molecule has 3 nitrogen and oxygen atoms in total. The number of benzene rings is 1. The molecular formula is C18H25N3. The first kappa shape index (κ1) is 14.2. The van der Waals surface area contributed by atoms with Crippen LogP contribution >= 0.6 is 0 Å². The molecule has 1 N–H and O–H groups in total. The molecule has 3 heteroatoms. The van der Waals surface area contributed by atoms with Gasteiger partial charge in [-0.3, -0.25) is 4.57 Å². The molecule has 0 saturated heterocycles. The zero-order valence-electron chi connectivity index (χ0n) is 12.8. The Morgan fingerprint density at radius 3 is 2.67 bits per heavy atom. The second-order valence-corrected chi connectivity index (χ2v) is 6.30. The normalized spacial score (nSPS) is 22.1. The molecular weight excluding hydrogens is 258 g/mol. The van der Waals surface area contributed by atoms with Gasteiger partial charge >= 0.3 is 0 Å². The van der Waals surface area contributed by atoms with E-state index in [4.69, 9.17) is 0 Å². The van der Waals surface area contributed by atoms with E-state index in [1.54, 1.807) is 0 Å². The van der Waals surface area contributed by atoms with Crippen LogP contribution in [-0.2, 0) is 0 Å². The Morgan fingerprint density at radius 1 is 1.14 bits per heavy atom. The molecule has 21 heavy (non-hydrogen) atoms. The average molecular weight is 283 g/mol. The van der Waals surface area contributed by atoms with Crippen molar-refractivity contribution in [2.75, 3.05) is 11.9 Å². The van der Waals surface area contributed by atoms with E-state index >= 15 is 0 Å². The molecule has 112 valence electrons. The first-order valence-electron chi connectivity index (χ1n) is 8.15. The fourth-order valence-electron chi connectivity index (χ4n) is 3.24.